The van der Waals surface area contributed by atoms with Crippen LogP contribution in [-0.2, 0) is 16.5 Å². The molecule has 0 radical (unpaired) electrons. The molecule has 3 aromatic carbocycles. The van der Waals surface area contributed by atoms with Gasteiger partial charge >= 0.3 is 0 Å². The fraction of sp³-hybridized carbons (Fsp3) is 0.429. The molecule has 2 saturated heterocycles. The van der Waals surface area contributed by atoms with Gasteiger partial charge in [-0.1, -0.05) is 23.7 Å². The second-order valence-corrected chi connectivity index (χ2v) is 14.0. The number of hydrogen-bond acceptors (Lipinski definition) is 7. The molecular formula is C35H37ClN4O3S. The Morgan fingerprint density at radius 3 is 2.48 bits per heavy atom. The number of nitrogens with zero attached hydrogens (tertiary/aromatic N) is 4. The van der Waals surface area contributed by atoms with Crippen molar-refractivity contribution in [1.29, 1.82) is 0 Å². The minimum absolute atomic E-state index is 0.0666. The first-order valence-electron chi connectivity index (χ1n) is 15.7. The summed E-state index contributed by atoms with van der Waals surface area (Å²) in [5, 5.41) is 18.4. The smallest absolute Gasteiger partial charge is 0.124 e. The van der Waals surface area contributed by atoms with Crippen molar-refractivity contribution < 1.29 is 14.6 Å². The largest absolute Gasteiger partial charge is 0.393 e. The van der Waals surface area contributed by atoms with Gasteiger partial charge in [0.25, 0.3) is 0 Å². The number of aliphatic hydroxyl groups excluding tert-OH is 1. The maximum atomic E-state index is 10.5. The zero-order chi connectivity index (χ0) is 29.9. The Morgan fingerprint density at radius 1 is 1.05 bits per heavy atom. The molecule has 1 saturated carbocycles. The highest BCUT2D eigenvalue weighted by atomic mass is 35.5. The van der Waals surface area contributed by atoms with Gasteiger partial charge < -0.3 is 14.6 Å². The molecule has 1 atom stereocenters. The highest BCUT2D eigenvalue weighted by Crippen LogP contribution is 2.45. The quantitative estimate of drug-likeness (QED) is 0.195. The number of rotatable bonds is 8. The Morgan fingerprint density at radius 2 is 1.80 bits per heavy atom. The molecule has 1 N–H and O–H groups in total. The summed E-state index contributed by atoms with van der Waals surface area (Å²) in [4.78, 5) is 7.78. The van der Waals surface area contributed by atoms with E-state index in [1.807, 2.05) is 23.9 Å². The molecule has 2 aromatic heterocycles. The van der Waals surface area contributed by atoms with Gasteiger partial charge in [-0.3, -0.25) is 9.58 Å². The fourth-order valence-corrected chi connectivity index (χ4v) is 8.24. The molecule has 0 bridgehead atoms. The van der Waals surface area contributed by atoms with E-state index in [1.165, 1.54) is 11.1 Å². The van der Waals surface area contributed by atoms with E-state index in [0.29, 0.717) is 17.0 Å². The molecule has 0 spiro atoms. The first kappa shape index (κ1) is 28.6. The van der Waals surface area contributed by atoms with Crippen molar-refractivity contribution in [2.45, 2.75) is 56.8 Å². The third-order valence-electron chi connectivity index (χ3n) is 9.61. The van der Waals surface area contributed by atoms with Gasteiger partial charge in [0.05, 0.1) is 53.4 Å². The molecule has 2 aliphatic heterocycles. The lowest BCUT2D eigenvalue weighted by molar-refractivity contribution is -0.0713. The van der Waals surface area contributed by atoms with E-state index in [0.717, 1.165) is 101 Å². The van der Waals surface area contributed by atoms with Crippen molar-refractivity contribution in [2.75, 3.05) is 32.9 Å². The highest BCUT2D eigenvalue weighted by molar-refractivity contribution is 7.22. The van der Waals surface area contributed by atoms with Gasteiger partial charge in [0.1, 0.15) is 11.1 Å². The second-order valence-electron chi connectivity index (χ2n) is 12.6. The lowest BCUT2D eigenvalue weighted by atomic mass is 9.90. The molecule has 0 unspecified atom stereocenters. The maximum absolute atomic E-state index is 10.5. The monoisotopic (exact) mass is 628 g/mol. The zero-order valence-electron chi connectivity index (χ0n) is 25.1. The summed E-state index contributed by atoms with van der Waals surface area (Å²) in [6.45, 7) is 5.98. The van der Waals surface area contributed by atoms with E-state index < -0.39 is 0 Å². The van der Waals surface area contributed by atoms with Crippen LogP contribution in [0.3, 0.4) is 0 Å². The van der Waals surface area contributed by atoms with Crippen LogP contribution in [0.15, 0.2) is 48.5 Å². The minimum atomic E-state index is -0.388. The Bertz CT molecular complexity index is 1830. The third-order valence-corrected chi connectivity index (χ3v) is 11.0. The van der Waals surface area contributed by atoms with E-state index in [-0.39, 0.29) is 18.8 Å². The van der Waals surface area contributed by atoms with Crippen molar-refractivity contribution in [3.05, 3.63) is 70.4 Å². The molecule has 8 rings (SSSR count). The van der Waals surface area contributed by atoms with Crippen LogP contribution in [0.1, 0.15) is 54.5 Å². The van der Waals surface area contributed by atoms with E-state index in [4.69, 9.17) is 31.2 Å². The number of halogens is 1. The maximum Gasteiger partial charge on any atom is 0.124 e. The summed E-state index contributed by atoms with van der Waals surface area (Å²) in [5.41, 5.74) is 8.66. The summed E-state index contributed by atoms with van der Waals surface area (Å²) >= 11 is 8.00. The van der Waals surface area contributed by atoms with Crippen LogP contribution >= 0.6 is 22.9 Å². The number of piperidine rings is 1. The number of ether oxygens (including phenoxy) is 2. The van der Waals surface area contributed by atoms with E-state index in [9.17, 15) is 5.11 Å². The third kappa shape index (κ3) is 5.15. The normalized spacial score (nSPS) is 19.2. The zero-order valence-corrected chi connectivity index (χ0v) is 26.7. The lowest BCUT2D eigenvalue weighted by Gasteiger charge is -2.41. The van der Waals surface area contributed by atoms with Gasteiger partial charge in [-0.2, -0.15) is 5.10 Å². The Labute approximate surface area is 266 Å². The second kappa shape index (κ2) is 11.5. The van der Waals surface area contributed by atoms with Crippen LogP contribution in [0.5, 0.6) is 0 Å². The van der Waals surface area contributed by atoms with Crippen molar-refractivity contribution >= 4 is 44.1 Å². The first-order valence-corrected chi connectivity index (χ1v) is 16.9. The number of thiazole rings is 1. The van der Waals surface area contributed by atoms with Crippen LogP contribution in [-0.4, -0.2) is 69.8 Å². The SMILES string of the molecule is Cc1cc2nc(-c3ccc4c(c3)c(C3CCN(C5COC5)CC3)nn4C)sc2c(-c2ccc(Cl)cc2)c1[C@@H](CO)OC1CC1. The highest BCUT2D eigenvalue weighted by Gasteiger charge is 2.33. The number of benzene rings is 3. The van der Waals surface area contributed by atoms with Gasteiger partial charge in [-0.25, -0.2) is 4.98 Å². The average Bonchev–Trinajstić information content (AvgIpc) is 3.64. The average molecular weight is 629 g/mol. The van der Waals surface area contributed by atoms with Gasteiger partial charge in [0.2, 0.25) is 0 Å². The molecule has 44 heavy (non-hydrogen) atoms. The van der Waals surface area contributed by atoms with Crippen LogP contribution in [0.25, 0.3) is 42.8 Å². The number of aromatic nitrogens is 3. The van der Waals surface area contributed by atoms with E-state index in [1.54, 1.807) is 11.3 Å². The Kier molecular flexibility index (Phi) is 7.48. The van der Waals surface area contributed by atoms with Crippen LogP contribution in [0, 0.1) is 6.92 Å². The molecule has 3 aliphatic rings. The molecule has 4 heterocycles. The standard InChI is InChI=1S/C35H37ClN4O3S/c1-20-15-28-34(32(21-3-6-24(36)7-4-21)31(20)30(17-41)43-26-8-9-26)44-35(37-28)23-5-10-29-27(16-23)33(38-39(29)2)22-11-13-40(14-12-22)25-18-42-19-25/h3-7,10,15-16,22,25-26,30,41H,8-9,11-14,17-19H2,1-2H3/t30-/m1/s1. The van der Waals surface area contributed by atoms with Gasteiger partial charge in [0.15, 0.2) is 0 Å². The molecular weight excluding hydrogens is 592 g/mol. The van der Waals surface area contributed by atoms with Crippen molar-refractivity contribution in [3.63, 3.8) is 0 Å². The minimum Gasteiger partial charge on any atom is -0.393 e. The van der Waals surface area contributed by atoms with Gasteiger partial charge in [-0.15, -0.1) is 11.3 Å². The van der Waals surface area contributed by atoms with E-state index in [2.05, 4.69) is 48.2 Å². The van der Waals surface area contributed by atoms with E-state index >= 15 is 0 Å². The summed E-state index contributed by atoms with van der Waals surface area (Å²) in [5.74, 6) is 0.449. The number of aliphatic hydroxyl groups is 1. The predicted octanol–water partition coefficient (Wildman–Crippen LogP) is 7.27. The summed E-state index contributed by atoms with van der Waals surface area (Å²) in [7, 11) is 2.05. The molecule has 228 valence electrons. The number of aryl methyl sites for hydroxylation is 2. The summed E-state index contributed by atoms with van der Waals surface area (Å²) in [6.07, 6.45) is 4.17. The fourth-order valence-electron chi connectivity index (χ4n) is 6.99. The Balaban J connectivity index is 1.20. The molecule has 0 amide bonds. The molecule has 9 heteroatoms. The lowest BCUT2D eigenvalue weighted by Crippen LogP contribution is -2.51. The number of likely N-dealkylation sites (tertiary alicyclic amines) is 1. The summed E-state index contributed by atoms with van der Waals surface area (Å²) in [6, 6.07) is 17.4. The van der Waals surface area contributed by atoms with Gasteiger partial charge in [0, 0.05) is 34.5 Å². The van der Waals surface area contributed by atoms with Crippen LogP contribution in [0.2, 0.25) is 5.02 Å². The van der Waals surface area contributed by atoms with Crippen LogP contribution in [0.4, 0.5) is 0 Å². The van der Waals surface area contributed by atoms with Crippen molar-refractivity contribution in [2.24, 2.45) is 7.05 Å². The van der Waals surface area contributed by atoms with Crippen LogP contribution < -0.4 is 0 Å². The number of hydrogen-bond donors (Lipinski definition) is 1. The first-order chi connectivity index (χ1) is 21.5. The topological polar surface area (TPSA) is 72.6 Å². The molecule has 1 aliphatic carbocycles. The van der Waals surface area contributed by atoms with Crippen molar-refractivity contribution in [1.82, 2.24) is 19.7 Å². The van der Waals surface area contributed by atoms with Gasteiger partial charge in [-0.05, 0) is 98.8 Å². The molecule has 7 nitrogen and oxygen atoms in total. The number of fused-ring (bicyclic) bond motifs is 2. The molecule has 5 aromatic rings. The predicted molar refractivity (Wildman–Crippen MR) is 177 cm³/mol. The molecule has 3 fully saturated rings. The summed E-state index contributed by atoms with van der Waals surface area (Å²) < 4.78 is 14.9. The van der Waals surface area contributed by atoms with Crippen molar-refractivity contribution in [3.8, 4) is 21.7 Å². The Hall–Kier alpha value is -2.85.